The van der Waals surface area contributed by atoms with E-state index in [9.17, 15) is 14.9 Å². The van der Waals surface area contributed by atoms with E-state index in [0.717, 1.165) is 11.6 Å². The second-order valence-electron chi connectivity index (χ2n) is 4.17. The van der Waals surface area contributed by atoms with Crippen LogP contribution < -0.4 is 0 Å². The molecule has 1 rings (SSSR count). The molecule has 0 N–H and O–H groups in total. The number of hydrogen-bond acceptors (Lipinski definition) is 3. The third kappa shape index (κ3) is 3.68. The largest absolute Gasteiger partial charge is 0.338 e. The van der Waals surface area contributed by atoms with Crippen LogP contribution in [0.1, 0.15) is 17.3 Å². The lowest BCUT2D eigenvalue weighted by molar-refractivity contribution is -0.384. The van der Waals surface area contributed by atoms with Crippen molar-refractivity contribution in [2.24, 2.45) is 0 Å². The highest BCUT2D eigenvalue weighted by Gasteiger charge is 2.21. The molecule has 0 spiro atoms. The minimum Gasteiger partial charge on any atom is -0.338 e. The molecule has 0 atom stereocenters. The summed E-state index contributed by atoms with van der Waals surface area (Å²) in [6, 6.07) is 2.43. The summed E-state index contributed by atoms with van der Waals surface area (Å²) in [5.74, 6) is -0.385. The zero-order chi connectivity index (χ0) is 14.7. The lowest BCUT2D eigenvalue weighted by Gasteiger charge is -2.17. The number of benzene rings is 1. The fourth-order valence-corrected chi connectivity index (χ4v) is 1.92. The molecule has 1 aromatic carbocycles. The molecule has 0 heterocycles. The smallest absolute Gasteiger partial charge is 0.290 e. The Hall–Kier alpha value is -1.59. The van der Waals surface area contributed by atoms with Gasteiger partial charge in [-0.05, 0) is 13.0 Å². The normalized spacial score (nSPS) is 10.1. The van der Waals surface area contributed by atoms with Gasteiger partial charge in [0.15, 0.2) is 0 Å². The number of carbonyl (C=O) groups is 1. The number of hydrogen-bond donors (Lipinski definition) is 0. The van der Waals surface area contributed by atoms with Crippen molar-refractivity contribution in [3.63, 3.8) is 0 Å². The van der Waals surface area contributed by atoms with Crippen LogP contribution in [0.15, 0.2) is 24.3 Å². The van der Waals surface area contributed by atoms with E-state index in [0.29, 0.717) is 6.54 Å². The van der Waals surface area contributed by atoms with E-state index >= 15 is 0 Å². The van der Waals surface area contributed by atoms with Gasteiger partial charge in [-0.1, -0.05) is 35.4 Å². The third-order valence-corrected chi connectivity index (χ3v) is 3.10. The Labute approximate surface area is 120 Å². The fraction of sp³-hybridized carbons (Fsp3) is 0.250. The van der Waals surface area contributed by atoms with E-state index in [1.807, 2.05) is 0 Å². The molecule has 0 saturated carbocycles. The van der Waals surface area contributed by atoms with Crippen molar-refractivity contribution >= 4 is 34.8 Å². The standard InChI is InChI=1S/C12H12Cl2N2O3/c1-7(2)6-15(3)12(17)8-4-9(13)11(14)10(5-8)16(18)19/h4-5H,1,6H2,2-3H3. The van der Waals surface area contributed by atoms with Crippen LogP contribution in [-0.2, 0) is 0 Å². The van der Waals surface area contributed by atoms with Crippen molar-refractivity contribution in [2.45, 2.75) is 6.92 Å². The van der Waals surface area contributed by atoms with E-state index < -0.39 is 4.92 Å². The lowest BCUT2D eigenvalue weighted by Crippen LogP contribution is -2.28. The second kappa shape index (κ2) is 6.04. The molecule has 7 heteroatoms. The zero-order valence-corrected chi connectivity index (χ0v) is 12.0. The number of nitrogens with zero attached hydrogens (tertiary/aromatic N) is 2. The molecule has 0 radical (unpaired) electrons. The molecule has 0 aliphatic rings. The summed E-state index contributed by atoms with van der Waals surface area (Å²) in [5.41, 5.74) is 0.525. The summed E-state index contributed by atoms with van der Waals surface area (Å²) >= 11 is 11.5. The first-order valence-electron chi connectivity index (χ1n) is 5.27. The number of nitro groups is 1. The molecule has 0 aliphatic carbocycles. The summed E-state index contributed by atoms with van der Waals surface area (Å²) in [5, 5.41) is 10.6. The van der Waals surface area contributed by atoms with Crippen molar-refractivity contribution in [1.82, 2.24) is 4.90 Å². The Bertz CT molecular complexity index is 558. The highest BCUT2D eigenvalue weighted by Crippen LogP contribution is 2.33. The van der Waals surface area contributed by atoms with E-state index in [-0.39, 0.29) is 27.2 Å². The molecule has 1 amide bonds. The molecule has 102 valence electrons. The highest BCUT2D eigenvalue weighted by molar-refractivity contribution is 6.43. The highest BCUT2D eigenvalue weighted by atomic mass is 35.5. The molecule has 0 fully saturated rings. The van der Waals surface area contributed by atoms with Gasteiger partial charge in [-0.3, -0.25) is 14.9 Å². The average molecular weight is 303 g/mol. The zero-order valence-electron chi connectivity index (χ0n) is 10.4. The van der Waals surface area contributed by atoms with Gasteiger partial charge in [0, 0.05) is 25.2 Å². The van der Waals surface area contributed by atoms with Crippen molar-refractivity contribution in [2.75, 3.05) is 13.6 Å². The average Bonchev–Trinajstić information content (AvgIpc) is 2.30. The molecule has 0 unspecified atom stereocenters. The number of halogens is 2. The first kappa shape index (κ1) is 15.5. The monoisotopic (exact) mass is 302 g/mol. The van der Waals surface area contributed by atoms with Gasteiger partial charge in [0.05, 0.1) is 9.95 Å². The van der Waals surface area contributed by atoms with Crippen LogP contribution in [-0.4, -0.2) is 29.3 Å². The summed E-state index contributed by atoms with van der Waals surface area (Å²) in [6.07, 6.45) is 0. The van der Waals surface area contributed by atoms with Crippen molar-refractivity contribution in [3.8, 4) is 0 Å². The molecule has 0 saturated heterocycles. The first-order valence-corrected chi connectivity index (χ1v) is 6.03. The van der Waals surface area contributed by atoms with Crippen LogP contribution in [0.5, 0.6) is 0 Å². The van der Waals surface area contributed by atoms with Crippen molar-refractivity contribution < 1.29 is 9.72 Å². The topological polar surface area (TPSA) is 63.5 Å². The number of nitro benzene ring substituents is 1. The minimum atomic E-state index is -0.677. The van der Waals surface area contributed by atoms with Crippen LogP contribution in [0.2, 0.25) is 10.0 Å². The Morgan fingerprint density at radius 3 is 2.53 bits per heavy atom. The number of rotatable bonds is 4. The summed E-state index contributed by atoms with van der Waals surface area (Å²) in [4.78, 5) is 23.6. The van der Waals surface area contributed by atoms with E-state index in [1.54, 1.807) is 14.0 Å². The summed E-state index contributed by atoms with van der Waals surface area (Å²) < 4.78 is 0. The quantitative estimate of drug-likeness (QED) is 0.485. The Balaban J connectivity index is 3.18. The van der Waals surface area contributed by atoms with Crippen LogP contribution >= 0.6 is 23.2 Å². The molecule has 19 heavy (non-hydrogen) atoms. The molecule has 0 aromatic heterocycles. The van der Waals surface area contributed by atoms with Gasteiger partial charge < -0.3 is 4.90 Å². The number of carbonyl (C=O) groups excluding carboxylic acids is 1. The third-order valence-electron chi connectivity index (χ3n) is 2.31. The van der Waals surface area contributed by atoms with Crippen molar-refractivity contribution in [3.05, 3.63) is 50.0 Å². The molecule has 5 nitrogen and oxygen atoms in total. The maximum atomic E-state index is 12.1. The predicted octanol–water partition coefficient (Wildman–Crippen LogP) is 3.55. The van der Waals surface area contributed by atoms with E-state index in [4.69, 9.17) is 23.2 Å². The Morgan fingerprint density at radius 2 is 2.05 bits per heavy atom. The molecular formula is C12H12Cl2N2O3. The Morgan fingerprint density at radius 1 is 1.47 bits per heavy atom. The van der Waals surface area contributed by atoms with Gasteiger partial charge in [-0.2, -0.15) is 0 Å². The number of likely N-dealkylation sites (N-methyl/N-ethyl adjacent to an activating group) is 1. The van der Waals surface area contributed by atoms with Crippen LogP contribution in [0.25, 0.3) is 0 Å². The van der Waals surface area contributed by atoms with Gasteiger partial charge in [-0.25, -0.2) is 0 Å². The van der Waals surface area contributed by atoms with Crippen LogP contribution in [0.4, 0.5) is 5.69 Å². The number of amides is 1. The second-order valence-corrected chi connectivity index (χ2v) is 4.95. The first-order chi connectivity index (χ1) is 8.73. The van der Waals surface area contributed by atoms with Gasteiger partial charge >= 0.3 is 0 Å². The van der Waals surface area contributed by atoms with Gasteiger partial charge in [0.25, 0.3) is 11.6 Å². The SMILES string of the molecule is C=C(C)CN(C)C(=O)c1cc(Cl)c(Cl)c([N+](=O)[O-])c1. The fourth-order valence-electron chi connectivity index (χ4n) is 1.53. The molecule has 0 bridgehead atoms. The molecule has 0 aliphatic heterocycles. The minimum absolute atomic E-state index is 0.0251. The lowest BCUT2D eigenvalue weighted by atomic mass is 10.1. The van der Waals surface area contributed by atoms with Gasteiger partial charge in [0.2, 0.25) is 0 Å². The van der Waals surface area contributed by atoms with Crippen LogP contribution in [0, 0.1) is 10.1 Å². The maximum Gasteiger partial charge on any atom is 0.290 e. The Kier molecular flexibility index (Phi) is 4.91. The van der Waals surface area contributed by atoms with Crippen LogP contribution in [0.3, 0.4) is 0 Å². The van der Waals surface area contributed by atoms with Gasteiger partial charge in [0.1, 0.15) is 5.02 Å². The van der Waals surface area contributed by atoms with Gasteiger partial charge in [-0.15, -0.1) is 0 Å². The molecule has 1 aromatic rings. The molecular weight excluding hydrogens is 291 g/mol. The van der Waals surface area contributed by atoms with Crippen molar-refractivity contribution in [1.29, 1.82) is 0 Å². The summed E-state index contributed by atoms with van der Waals surface area (Å²) in [6.45, 7) is 5.83. The predicted molar refractivity (Wildman–Crippen MR) is 74.9 cm³/mol. The summed E-state index contributed by atoms with van der Waals surface area (Å²) in [7, 11) is 1.57. The maximum absolute atomic E-state index is 12.1. The van der Waals surface area contributed by atoms with E-state index in [2.05, 4.69) is 6.58 Å². The van der Waals surface area contributed by atoms with E-state index in [1.165, 1.54) is 11.0 Å².